The minimum atomic E-state index is -0.301. The van der Waals surface area contributed by atoms with Crippen LogP contribution in [0.3, 0.4) is 0 Å². The molecule has 1 atom stereocenters. The van der Waals surface area contributed by atoms with E-state index < -0.39 is 0 Å². The zero-order chi connectivity index (χ0) is 26.1. The lowest BCUT2D eigenvalue weighted by atomic mass is 9.87. The van der Waals surface area contributed by atoms with E-state index in [1.54, 1.807) is 12.1 Å². The molecule has 0 bridgehead atoms. The van der Waals surface area contributed by atoms with Crippen molar-refractivity contribution in [1.29, 1.82) is 5.26 Å². The smallest absolute Gasteiger partial charge is 0.125 e. The fraction of sp³-hybridized carbons (Fsp3) is 0.467. The molecule has 2 saturated heterocycles. The summed E-state index contributed by atoms with van der Waals surface area (Å²) in [6.45, 7) is 8.97. The zero-order valence-electron chi connectivity index (χ0n) is 21.9. The van der Waals surface area contributed by atoms with Crippen molar-refractivity contribution in [2.45, 2.75) is 64.5 Å². The number of nitriles is 1. The monoisotopic (exact) mass is 502 g/mol. The SMILES string of the molecule is Cc1ccc2nc(C3CCOCC3)c(C)c(C#N)c2c1C(C)Nc1ccc(F)cc1N1CCC(O)CC1. The molecule has 0 aliphatic carbocycles. The maximum absolute atomic E-state index is 14.3. The number of aliphatic hydroxyl groups excluding tert-OH is 1. The molecule has 2 aromatic carbocycles. The quantitative estimate of drug-likeness (QED) is 0.453. The van der Waals surface area contributed by atoms with E-state index in [0.717, 1.165) is 70.7 Å². The van der Waals surface area contributed by atoms with Gasteiger partial charge in [-0.1, -0.05) is 6.07 Å². The lowest BCUT2D eigenvalue weighted by Crippen LogP contribution is -2.36. The van der Waals surface area contributed by atoms with E-state index in [1.165, 1.54) is 6.07 Å². The summed E-state index contributed by atoms with van der Waals surface area (Å²) in [6, 6.07) is 11.3. The number of anilines is 2. The van der Waals surface area contributed by atoms with Crippen LogP contribution in [-0.4, -0.2) is 42.5 Å². The van der Waals surface area contributed by atoms with E-state index in [2.05, 4.69) is 36.2 Å². The van der Waals surface area contributed by atoms with Crippen molar-refractivity contribution in [1.82, 2.24) is 4.98 Å². The minimum Gasteiger partial charge on any atom is -0.393 e. The fourth-order valence-corrected chi connectivity index (χ4v) is 5.96. The number of aliphatic hydroxyl groups is 1. The first kappa shape index (κ1) is 25.4. The van der Waals surface area contributed by atoms with Gasteiger partial charge in [-0.05, 0) is 87.4 Å². The first-order chi connectivity index (χ1) is 17.9. The summed E-state index contributed by atoms with van der Waals surface area (Å²) in [5.41, 5.74) is 7.23. The third-order valence-electron chi connectivity index (χ3n) is 7.98. The number of halogens is 1. The molecule has 6 nitrogen and oxygen atoms in total. The van der Waals surface area contributed by atoms with Crippen LogP contribution in [0.2, 0.25) is 0 Å². The number of aromatic nitrogens is 1. The largest absolute Gasteiger partial charge is 0.393 e. The molecule has 2 fully saturated rings. The standard InChI is InChI=1S/C30H35FN4O2/c1-18-4-6-26-29(24(17-32)19(2)30(34-26)21-10-14-37-15-11-21)28(18)20(3)33-25-7-5-22(31)16-27(25)35-12-8-23(36)9-13-35/h4-7,16,20-21,23,33,36H,8-15H2,1-3H3. The maximum atomic E-state index is 14.3. The van der Waals surface area contributed by atoms with Crippen LogP contribution in [-0.2, 0) is 4.74 Å². The maximum Gasteiger partial charge on any atom is 0.125 e. The molecular weight excluding hydrogens is 467 g/mol. The third-order valence-corrected chi connectivity index (χ3v) is 7.98. The average Bonchev–Trinajstić information content (AvgIpc) is 2.90. The summed E-state index contributed by atoms with van der Waals surface area (Å²) in [4.78, 5) is 7.22. The Balaban J connectivity index is 1.55. The van der Waals surface area contributed by atoms with Crippen LogP contribution >= 0.6 is 0 Å². The number of hydrogen-bond acceptors (Lipinski definition) is 6. The molecule has 2 aliphatic rings. The van der Waals surface area contributed by atoms with Crippen molar-refractivity contribution >= 4 is 22.3 Å². The zero-order valence-corrected chi connectivity index (χ0v) is 21.9. The van der Waals surface area contributed by atoms with E-state index >= 15 is 0 Å². The third kappa shape index (κ3) is 5.01. The van der Waals surface area contributed by atoms with Gasteiger partial charge in [0.1, 0.15) is 11.9 Å². The second kappa shape index (κ2) is 10.6. The number of benzene rings is 2. The number of aryl methyl sites for hydroxylation is 1. The molecular formula is C30H35FN4O2. The number of fused-ring (bicyclic) bond motifs is 1. The van der Waals surface area contributed by atoms with Crippen LogP contribution in [0.5, 0.6) is 0 Å². The Kier molecular flexibility index (Phi) is 7.32. The second-order valence-electron chi connectivity index (χ2n) is 10.4. The minimum absolute atomic E-state index is 0.148. The number of nitrogens with one attached hydrogen (secondary N) is 1. The van der Waals surface area contributed by atoms with Crippen LogP contribution in [0.1, 0.15) is 72.5 Å². The first-order valence-corrected chi connectivity index (χ1v) is 13.3. The number of pyridine rings is 1. The van der Waals surface area contributed by atoms with E-state index in [0.29, 0.717) is 37.4 Å². The van der Waals surface area contributed by atoms with Crippen molar-refractivity contribution in [3.05, 3.63) is 64.1 Å². The summed E-state index contributed by atoms with van der Waals surface area (Å²) >= 11 is 0. The van der Waals surface area contributed by atoms with E-state index in [-0.39, 0.29) is 18.0 Å². The predicted molar refractivity (Wildman–Crippen MR) is 145 cm³/mol. The molecule has 194 valence electrons. The number of nitrogens with zero attached hydrogens (tertiary/aromatic N) is 3. The summed E-state index contributed by atoms with van der Waals surface area (Å²) in [5, 5.41) is 24.8. The van der Waals surface area contributed by atoms with Crippen LogP contribution in [0, 0.1) is 31.0 Å². The fourth-order valence-electron chi connectivity index (χ4n) is 5.96. The predicted octanol–water partition coefficient (Wildman–Crippen LogP) is 5.89. The summed E-state index contributed by atoms with van der Waals surface area (Å²) in [5.74, 6) is 0.0169. The molecule has 7 heteroatoms. The Bertz CT molecular complexity index is 1340. The lowest BCUT2D eigenvalue weighted by Gasteiger charge is -2.33. The van der Waals surface area contributed by atoms with Gasteiger partial charge in [0, 0.05) is 49.3 Å². The molecule has 5 rings (SSSR count). The molecule has 0 radical (unpaired) electrons. The topological polar surface area (TPSA) is 81.4 Å². The van der Waals surface area contributed by atoms with Gasteiger partial charge in [0.15, 0.2) is 0 Å². The van der Waals surface area contributed by atoms with Crippen molar-refractivity contribution in [2.75, 3.05) is 36.5 Å². The molecule has 0 amide bonds. The van der Waals surface area contributed by atoms with Gasteiger partial charge >= 0.3 is 0 Å². The van der Waals surface area contributed by atoms with E-state index in [1.807, 2.05) is 13.0 Å². The van der Waals surface area contributed by atoms with Gasteiger partial charge in [-0.2, -0.15) is 5.26 Å². The van der Waals surface area contributed by atoms with Gasteiger partial charge in [0.25, 0.3) is 0 Å². The summed E-state index contributed by atoms with van der Waals surface area (Å²) in [6.07, 6.45) is 2.87. The van der Waals surface area contributed by atoms with Gasteiger partial charge in [-0.3, -0.25) is 4.98 Å². The van der Waals surface area contributed by atoms with Crippen LogP contribution in [0.4, 0.5) is 15.8 Å². The Morgan fingerprint density at radius 2 is 1.86 bits per heavy atom. The van der Waals surface area contributed by atoms with Crippen LogP contribution in [0.25, 0.3) is 10.9 Å². The molecule has 0 spiro atoms. The van der Waals surface area contributed by atoms with Gasteiger partial charge in [-0.25, -0.2) is 4.39 Å². The molecule has 3 aromatic rings. The molecule has 1 aromatic heterocycles. The van der Waals surface area contributed by atoms with Crippen LogP contribution < -0.4 is 10.2 Å². The molecule has 37 heavy (non-hydrogen) atoms. The highest BCUT2D eigenvalue weighted by Gasteiger charge is 2.26. The Morgan fingerprint density at radius 3 is 2.57 bits per heavy atom. The first-order valence-electron chi connectivity index (χ1n) is 13.3. The molecule has 1 unspecified atom stereocenters. The lowest BCUT2D eigenvalue weighted by molar-refractivity contribution is 0.0844. The summed E-state index contributed by atoms with van der Waals surface area (Å²) < 4.78 is 19.8. The van der Waals surface area contributed by atoms with Gasteiger partial charge in [0.05, 0.1) is 28.6 Å². The second-order valence-corrected chi connectivity index (χ2v) is 10.4. The number of piperidine rings is 1. The molecule has 2 aliphatic heterocycles. The van der Waals surface area contributed by atoms with E-state index in [9.17, 15) is 14.8 Å². The molecule has 0 saturated carbocycles. The van der Waals surface area contributed by atoms with Crippen molar-refractivity contribution in [3.8, 4) is 6.07 Å². The van der Waals surface area contributed by atoms with Crippen LogP contribution in [0.15, 0.2) is 30.3 Å². The number of hydrogen-bond donors (Lipinski definition) is 2. The summed E-state index contributed by atoms with van der Waals surface area (Å²) in [7, 11) is 0. The Labute approximate surface area is 218 Å². The Morgan fingerprint density at radius 1 is 1.14 bits per heavy atom. The van der Waals surface area contributed by atoms with Gasteiger partial charge < -0.3 is 20.1 Å². The number of ether oxygens (including phenoxy) is 1. The highest BCUT2D eigenvalue weighted by molar-refractivity contribution is 5.91. The van der Waals surface area contributed by atoms with Gasteiger partial charge in [0.2, 0.25) is 0 Å². The molecule has 2 N–H and O–H groups in total. The normalized spacial score (nSPS) is 18.1. The van der Waals surface area contributed by atoms with Crippen molar-refractivity contribution in [2.24, 2.45) is 0 Å². The highest BCUT2D eigenvalue weighted by atomic mass is 19.1. The Hall–Kier alpha value is -3.21. The van der Waals surface area contributed by atoms with Crippen molar-refractivity contribution < 1.29 is 14.2 Å². The highest BCUT2D eigenvalue weighted by Crippen LogP contribution is 2.38. The molecule has 3 heterocycles. The average molecular weight is 503 g/mol. The van der Waals surface area contributed by atoms with E-state index in [4.69, 9.17) is 9.72 Å². The number of rotatable bonds is 5. The van der Waals surface area contributed by atoms with Crippen molar-refractivity contribution in [3.63, 3.8) is 0 Å². The van der Waals surface area contributed by atoms with Gasteiger partial charge in [-0.15, -0.1) is 0 Å².